The van der Waals surface area contributed by atoms with Gasteiger partial charge in [0.15, 0.2) is 0 Å². The second-order valence-electron chi connectivity index (χ2n) is 5.48. The second kappa shape index (κ2) is 8.28. The van der Waals surface area contributed by atoms with Crippen LogP contribution >= 0.6 is 0 Å². The largest absolute Gasteiger partial charge is 0.378 e. The molecule has 0 unspecified atom stereocenters. The van der Waals surface area contributed by atoms with Crippen molar-refractivity contribution in [1.82, 2.24) is 5.32 Å². The molecule has 0 aliphatic carbocycles. The van der Waals surface area contributed by atoms with Crippen LogP contribution in [0.4, 0.5) is 5.69 Å². The molecule has 1 fully saturated rings. The van der Waals surface area contributed by atoms with E-state index < -0.39 is 0 Å². The van der Waals surface area contributed by atoms with Gasteiger partial charge in [-0.15, -0.1) is 0 Å². The normalized spacial score (nSPS) is 16.6. The third kappa shape index (κ3) is 4.50. The fraction of sp³-hybridized carbons (Fsp3) is 0.647. The summed E-state index contributed by atoms with van der Waals surface area (Å²) in [6, 6.07) is 8.99. The van der Waals surface area contributed by atoms with Crippen molar-refractivity contribution >= 4 is 5.69 Å². The molecule has 0 amide bonds. The first-order valence-electron chi connectivity index (χ1n) is 7.99. The van der Waals surface area contributed by atoms with Crippen LogP contribution in [0.1, 0.15) is 38.7 Å². The molecule has 0 atom stereocenters. The van der Waals surface area contributed by atoms with Crippen molar-refractivity contribution in [3.05, 3.63) is 29.8 Å². The van der Waals surface area contributed by atoms with Gasteiger partial charge in [0, 0.05) is 31.9 Å². The van der Waals surface area contributed by atoms with Gasteiger partial charge in [-0.2, -0.15) is 0 Å². The number of piperidine rings is 1. The molecule has 1 aliphatic heterocycles. The number of benzene rings is 1. The molecule has 1 heterocycles. The first-order chi connectivity index (χ1) is 9.83. The van der Waals surface area contributed by atoms with E-state index >= 15 is 0 Å². The molecule has 0 saturated carbocycles. The van der Waals surface area contributed by atoms with Gasteiger partial charge in [-0.05, 0) is 50.4 Å². The van der Waals surface area contributed by atoms with Gasteiger partial charge in [0.1, 0.15) is 0 Å². The van der Waals surface area contributed by atoms with E-state index in [1.165, 1.54) is 17.7 Å². The molecule has 1 aromatic carbocycles. The standard InChI is InChI=1S/C17H28N2O/c1-3-11-18-14-15-5-7-16(8-6-15)19-12-9-17(10-13-19)20-4-2/h5-8,17-18H,3-4,9-14H2,1-2H3. The Balaban J connectivity index is 1.81. The maximum Gasteiger partial charge on any atom is 0.0608 e. The molecular weight excluding hydrogens is 248 g/mol. The topological polar surface area (TPSA) is 24.5 Å². The van der Waals surface area contributed by atoms with Crippen molar-refractivity contribution in [3.63, 3.8) is 0 Å². The molecule has 20 heavy (non-hydrogen) atoms. The minimum Gasteiger partial charge on any atom is -0.378 e. The summed E-state index contributed by atoms with van der Waals surface area (Å²) in [5.41, 5.74) is 2.71. The molecule has 0 spiro atoms. The molecule has 1 saturated heterocycles. The quantitative estimate of drug-likeness (QED) is 0.774. The van der Waals surface area contributed by atoms with Gasteiger partial charge in [-0.3, -0.25) is 0 Å². The van der Waals surface area contributed by atoms with E-state index in [0.29, 0.717) is 6.10 Å². The van der Waals surface area contributed by atoms with Crippen molar-refractivity contribution in [2.45, 2.75) is 45.8 Å². The van der Waals surface area contributed by atoms with Gasteiger partial charge in [0.2, 0.25) is 0 Å². The molecule has 1 aromatic rings. The van der Waals surface area contributed by atoms with Crippen molar-refractivity contribution in [2.24, 2.45) is 0 Å². The SMILES string of the molecule is CCCNCc1ccc(N2CCC(OCC)CC2)cc1. The highest BCUT2D eigenvalue weighted by atomic mass is 16.5. The molecule has 0 radical (unpaired) electrons. The highest BCUT2D eigenvalue weighted by Gasteiger charge is 2.19. The Hall–Kier alpha value is -1.06. The molecule has 1 aliphatic rings. The number of nitrogens with one attached hydrogen (secondary N) is 1. The molecule has 0 aromatic heterocycles. The van der Waals surface area contributed by atoms with Gasteiger partial charge >= 0.3 is 0 Å². The Morgan fingerprint density at radius 3 is 2.45 bits per heavy atom. The summed E-state index contributed by atoms with van der Waals surface area (Å²) in [5, 5.41) is 3.44. The van der Waals surface area contributed by atoms with Crippen LogP contribution in [0.3, 0.4) is 0 Å². The molecule has 1 N–H and O–H groups in total. The van der Waals surface area contributed by atoms with E-state index in [4.69, 9.17) is 4.74 Å². The van der Waals surface area contributed by atoms with E-state index in [-0.39, 0.29) is 0 Å². The lowest BCUT2D eigenvalue weighted by atomic mass is 10.1. The minimum absolute atomic E-state index is 0.466. The van der Waals surface area contributed by atoms with Crippen molar-refractivity contribution in [3.8, 4) is 0 Å². The number of hydrogen-bond donors (Lipinski definition) is 1. The number of ether oxygens (including phenoxy) is 1. The fourth-order valence-electron chi connectivity index (χ4n) is 2.75. The monoisotopic (exact) mass is 276 g/mol. The third-order valence-corrected chi connectivity index (χ3v) is 3.90. The van der Waals surface area contributed by atoms with Gasteiger partial charge in [0.05, 0.1) is 6.10 Å². The van der Waals surface area contributed by atoms with Crippen molar-refractivity contribution in [1.29, 1.82) is 0 Å². The predicted octanol–water partition coefficient (Wildman–Crippen LogP) is 3.19. The maximum atomic E-state index is 5.71. The van der Waals surface area contributed by atoms with E-state index in [0.717, 1.165) is 45.6 Å². The van der Waals surface area contributed by atoms with Crippen molar-refractivity contribution in [2.75, 3.05) is 31.1 Å². The van der Waals surface area contributed by atoms with Gasteiger partial charge in [0.25, 0.3) is 0 Å². The van der Waals surface area contributed by atoms with E-state index in [9.17, 15) is 0 Å². The smallest absolute Gasteiger partial charge is 0.0608 e. The average Bonchev–Trinajstić information content (AvgIpc) is 2.49. The van der Waals surface area contributed by atoms with E-state index in [1.807, 2.05) is 0 Å². The molecular formula is C17H28N2O. The average molecular weight is 276 g/mol. The van der Waals surface area contributed by atoms with E-state index in [2.05, 4.69) is 48.3 Å². The third-order valence-electron chi connectivity index (χ3n) is 3.90. The predicted molar refractivity (Wildman–Crippen MR) is 85.3 cm³/mol. The second-order valence-corrected chi connectivity index (χ2v) is 5.48. The van der Waals surface area contributed by atoms with Crippen LogP contribution in [0.5, 0.6) is 0 Å². The molecule has 2 rings (SSSR count). The van der Waals surface area contributed by atoms with Crippen LogP contribution in [-0.4, -0.2) is 32.3 Å². The Morgan fingerprint density at radius 2 is 1.85 bits per heavy atom. The minimum atomic E-state index is 0.466. The highest BCUT2D eigenvalue weighted by molar-refractivity contribution is 5.48. The highest BCUT2D eigenvalue weighted by Crippen LogP contribution is 2.21. The summed E-state index contributed by atoms with van der Waals surface area (Å²) >= 11 is 0. The number of rotatable bonds is 7. The van der Waals surface area contributed by atoms with Gasteiger partial charge in [-0.1, -0.05) is 19.1 Å². The number of nitrogens with zero attached hydrogens (tertiary/aromatic N) is 1. The van der Waals surface area contributed by atoms with Crippen LogP contribution in [0, 0.1) is 0 Å². The zero-order valence-corrected chi connectivity index (χ0v) is 12.9. The first-order valence-corrected chi connectivity index (χ1v) is 7.99. The maximum absolute atomic E-state index is 5.71. The molecule has 3 heteroatoms. The van der Waals surface area contributed by atoms with Crippen LogP contribution < -0.4 is 10.2 Å². The summed E-state index contributed by atoms with van der Waals surface area (Å²) in [6.45, 7) is 9.40. The van der Waals surface area contributed by atoms with Crippen molar-refractivity contribution < 1.29 is 4.74 Å². The summed E-state index contributed by atoms with van der Waals surface area (Å²) in [6.07, 6.45) is 3.95. The van der Waals surface area contributed by atoms with Crippen LogP contribution in [0.15, 0.2) is 24.3 Å². The van der Waals surface area contributed by atoms with Crippen LogP contribution in [0.25, 0.3) is 0 Å². The molecule has 3 nitrogen and oxygen atoms in total. The van der Waals surface area contributed by atoms with E-state index in [1.54, 1.807) is 0 Å². The zero-order valence-electron chi connectivity index (χ0n) is 12.9. The number of anilines is 1. The first kappa shape index (κ1) is 15.3. The van der Waals surface area contributed by atoms with Gasteiger partial charge in [-0.25, -0.2) is 0 Å². The summed E-state index contributed by atoms with van der Waals surface area (Å²) < 4.78 is 5.71. The Kier molecular flexibility index (Phi) is 6.34. The Morgan fingerprint density at radius 1 is 1.15 bits per heavy atom. The van der Waals surface area contributed by atoms with Gasteiger partial charge < -0.3 is 15.0 Å². The lowest BCUT2D eigenvalue weighted by molar-refractivity contribution is 0.0459. The summed E-state index contributed by atoms with van der Waals surface area (Å²) in [5.74, 6) is 0. The van der Waals surface area contributed by atoms with Crippen LogP contribution in [0.2, 0.25) is 0 Å². The molecule has 112 valence electrons. The lowest BCUT2D eigenvalue weighted by Crippen LogP contribution is -2.37. The lowest BCUT2D eigenvalue weighted by Gasteiger charge is -2.33. The Labute approximate surface area is 123 Å². The van der Waals surface area contributed by atoms with Crippen LogP contribution in [-0.2, 0) is 11.3 Å². The summed E-state index contributed by atoms with van der Waals surface area (Å²) in [4.78, 5) is 2.47. The molecule has 0 bridgehead atoms. The Bertz CT molecular complexity index is 369. The summed E-state index contributed by atoms with van der Waals surface area (Å²) in [7, 11) is 0. The zero-order chi connectivity index (χ0) is 14.2. The fourth-order valence-corrected chi connectivity index (χ4v) is 2.75. The number of hydrogen-bond acceptors (Lipinski definition) is 3.